The van der Waals surface area contributed by atoms with Crippen LogP contribution in [0.2, 0.25) is 0 Å². The summed E-state index contributed by atoms with van der Waals surface area (Å²) in [4.78, 5) is 11.5. The topological polar surface area (TPSA) is 117 Å². The van der Waals surface area contributed by atoms with Gasteiger partial charge in [0.25, 0.3) is 0 Å². The SMILES string of the molecule is CN/C([S-])=N/N=C(/C(C)=N/N=C(\[S-])NC[P+](c1ccccc1)(c1ccccc1)c1ccccc1)c1ccc(C(N)=O)cc1.[Cu+2]. The molecule has 0 aliphatic heterocycles. The first kappa shape index (κ1) is 34.5. The number of carbonyl (C=O) groups excluding carboxylic acids is 1. The first-order valence-corrected chi connectivity index (χ1v) is 16.1. The molecule has 0 bridgehead atoms. The van der Waals surface area contributed by atoms with E-state index in [0.717, 1.165) is 0 Å². The van der Waals surface area contributed by atoms with Crippen molar-refractivity contribution in [2.24, 2.45) is 26.1 Å². The summed E-state index contributed by atoms with van der Waals surface area (Å²) in [6.07, 6.45) is 0.545. The fourth-order valence-corrected chi connectivity index (χ4v) is 8.57. The molecule has 0 unspecified atom stereocenters. The summed E-state index contributed by atoms with van der Waals surface area (Å²) < 4.78 is 0. The Kier molecular flexibility index (Phi) is 13.1. The molecule has 227 valence electrons. The molecule has 1 amide bonds. The zero-order valence-electron chi connectivity index (χ0n) is 24.0. The Morgan fingerprint density at radius 2 is 1.11 bits per heavy atom. The van der Waals surface area contributed by atoms with Crippen molar-refractivity contribution < 1.29 is 21.9 Å². The van der Waals surface area contributed by atoms with Gasteiger partial charge in [0.15, 0.2) is 0 Å². The van der Waals surface area contributed by atoms with E-state index in [4.69, 9.17) is 31.0 Å². The van der Waals surface area contributed by atoms with E-state index in [2.05, 4.69) is 104 Å². The summed E-state index contributed by atoms with van der Waals surface area (Å²) in [6.45, 7) is 1.75. The molecule has 0 heterocycles. The van der Waals surface area contributed by atoms with Crippen LogP contribution in [-0.2, 0) is 42.3 Å². The maximum atomic E-state index is 11.5. The predicted molar refractivity (Wildman–Crippen MR) is 186 cm³/mol. The Morgan fingerprint density at radius 3 is 1.55 bits per heavy atom. The molecule has 0 aliphatic carbocycles. The van der Waals surface area contributed by atoms with Crippen molar-refractivity contribution in [2.45, 2.75) is 6.92 Å². The Bertz CT molecular complexity index is 1550. The number of hydrogen-bond acceptors (Lipinski definition) is 7. The molecular formula is C32H31CuN7OPS2+. The third-order valence-corrected chi connectivity index (χ3v) is 11.3. The van der Waals surface area contributed by atoms with Crippen LogP contribution >= 0.6 is 7.26 Å². The van der Waals surface area contributed by atoms with Gasteiger partial charge in [-0.2, -0.15) is 15.3 Å². The number of hydrogen-bond donors (Lipinski definition) is 3. The summed E-state index contributed by atoms with van der Waals surface area (Å²) in [6, 6.07) is 38.1. The zero-order chi connectivity index (χ0) is 30.7. The molecule has 4 N–H and O–H groups in total. The minimum atomic E-state index is -2.16. The van der Waals surface area contributed by atoms with Gasteiger partial charge in [-0.3, -0.25) is 4.79 Å². The van der Waals surface area contributed by atoms with Crippen LogP contribution in [0.1, 0.15) is 22.8 Å². The fraction of sp³-hybridized carbons (Fsp3) is 0.0938. The number of carbonyl (C=O) groups is 1. The van der Waals surface area contributed by atoms with E-state index < -0.39 is 13.2 Å². The summed E-state index contributed by atoms with van der Waals surface area (Å²) in [7, 11) is -0.506. The van der Waals surface area contributed by atoms with Crippen LogP contribution in [0.3, 0.4) is 0 Å². The van der Waals surface area contributed by atoms with E-state index >= 15 is 0 Å². The quantitative estimate of drug-likeness (QED) is 0.0590. The smallest absolute Gasteiger partial charge is 0.741 e. The van der Waals surface area contributed by atoms with Gasteiger partial charge in [-0.05, 0) is 60.6 Å². The molecule has 44 heavy (non-hydrogen) atoms. The van der Waals surface area contributed by atoms with Crippen LogP contribution in [-0.4, -0.2) is 41.0 Å². The Morgan fingerprint density at radius 1 is 0.682 bits per heavy atom. The van der Waals surface area contributed by atoms with Gasteiger partial charge in [-0.25, -0.2) is 0 Å². The molecule has 0 aromatic heterocycles. The second kappa shape index (κ2) is 16.8. The van der Waals surface area contributed by atoms with E-state index in [1.807, 2.05) is 18.2 Å². The molecule has 4 aromatic rings. The third-order valence-electron chi connectivity index (χ3n) is 6.59. The van der Waals surface area contributed by atoms with E-state index in [1.165, 1.54) is 15.9 Å². The first-order valence-electron chi connectivity index (χ1n) is 13.3. The molecule has 4 rings (SSSR count). The molecule has 8 nitrogen and oxygen atoms in total. The van der Waals surface area contributed by atoms with Crippen LogP contribution in [0, 0.1) is 0 Å². The molecule has 0 spiro atoms. The van der Waals surface area contributed by atoms with Crippen molar-refractivity contribution >= 4 is 76.1 Å². The molecule has 0 saturated heterocycles. The molecule has 0 atom stereocenters. The van der Waals surface area contributed by atoms with Crippen LogP contribution in [0.4, 0.5) is 0 Å². The number of primary amides is 1. The van der Waals surface area contributed by atoms with Gasteiger partial charge in [0.2, 0.25) is 5.91 Å². The molecule has 0 saturated carbocycles. The minimum Gasteiger partial charge on any atom is -0.741 e. The second-order valence-corrected chi connectivity index (χ2v) is 13.5. The van der Waals surface area contributed by atoms with E-state index in [1.54, 1.807) is 38.2 Å². The Hall–Kier alpha value is -3.98. The van der Waals surface area contributed by atoms with Gasteiger partial charge in [0.05, 0.1) is 5.71 Å². The molecule has 1 radical (unpaired) electrons. The Labute approximate surface area is 280 Å². The van der Waals surface area contributed by atoms with Gasteiger partial charge in [0.1, 0.15) is 35.2 Å². The molecule has 0 fully saturated rings. The monoisotopic (exact) mass is 687 g/mol. The van der Waals surface area contributed by atoms with Crippen LogP contribution in [0.15, 0.2) is 136 Å². The maximum Gasteiger partial charge on any atom is 2.00 e. The minimum absolute atomic E-state index is 0. The number of amidine groups is 2. The molecule has 0 aliphatic rings. The number of nitrogens with zero attached hydrogens (tertiary/aromatic N) is 4. The third kappa shape index (κ3) is 8.56. The van der Waals surface area contributed by atoms with Crippen LogP contribution in [0.5, 0.6) is 0 Å². The largest absolute Gasteiger partial charge is 2.00 e. The van der Waals surface area contributed by atoms with Crippen molar-refractivity contribution in [1.29, 1.82) is 0 Å². The number of nitrogens with two attached hydrogens (primary N) is 1. The fourth-order valence-electron chi connectivity index (χ4n) is 4.43. The van der Waals surface area contributed by atoms with E-state index in [-0.39, 0.29) is 27.4 Å². The maximum absolute atomic E-state index is 11.5. The predicted octanol–water partition coefficient (Wildman–Crippen LogP) is 3.43. The summed E-state index contributed by atoms with van der Waals surface area (Å²) in [5.74, 6) is -0.525. The van der Waals surface area contributed by atoms with Crippen molar-refractivity contribution in [1.82, 2.24) is 10.6 Å². The number of amides is 1. The van der Waals surface area contributed by atoms with Gasteiger partial charge in [-0.1, -0.05) is 66.7 Å². The first-order chi connectivity index (χ1) is 20.8. The van der Waals surface area contributed by atoms with Crippen molar-refractivity contribution in [3.63, 3.8) is 0 Å². The van der Waals surface area contributed by atoms with Crippen LogP contribution < -0.4 is 32.3 Å². The van der Waals surface area contributed by atoms with Gasteiger partial charge >= 0.3 is 17.1 Å². The number of nitrogens with one attached hydrogen (secondary N) is 2. The zero-order valence-corrected chi connectivity index (χ0v) is 27.5. The second-order valence-electron chi connectivity index (χ2n) is 9.29. The van der Waals surface area contributed by atoms with Crippen molar-refractivity contribution in [3.8, 4) is 0 Å². The number of benzene rings is 4. The molecule has 4 aromatic carbocycles. The van der Waals surface area contributed by atoms with E-state index in [9.17, 15) is 4.79 Å². The summed E-state index contributed by atoms with van der Waals surface area (Å²) >= 11 is 10.8. The average molecular weight is 688 g/mol. The van der Waals surface area contributed by atoms with Crippen LogP contribution in [0.25, 0.3) is 0 Å². The summed E-state index contributed by atoms with van der Waals surface area (Å²) in [5.41, 5.74) is 7.30. The molecular weight excluding hydrogens is 657 g/mol. The molecule has 12 heteroatoms. The van der Waals surface area contributed by atoms with Gasteiger partial charge in [-0.15, -0.1) is 5.10 Å². The van der Waals surface area contributed by atoms with Crippen molar-refractivity contribution in [3.05, 3.63) is 126 Å². The van der Waals surface area contributed by atoms with Gasteiger partial charge < -0.3 is 41.6 Å². The summed E-state index contributed by atoms with van der Waals surface area (Å²) in [5, 5.41) is 27.3. The normalized spacial score (nSPS) is 12.7. The standard InChI is InChI=1S/C32H32N7OPS2.Cu/c1-23(29(37-38-31(42)34-2)24-18-20-25(21-19-24)30(33)40)36-39-32(43)35-22-41(26-12-6-3-7-13-26,27-14-8-4-9-15-27)28-16-10-5-11-17-28;/h3-21H,22H2,1-2H3,(H5-,33,34,35,36,37,38,39,40,42,43);/q;+2/p-1. The van der Waals surface area contributed by atoms with E-state index in [0.29, 0.717) is 28.8 Å². The van der Waals surface area contributed by atoms with Crippen molar-refractivity contribution in [2.75, 3.05) is 13.3 Å². The number of rotatable bonds is 10. The Balaban J connectivity index is 0.00000529. The van der Waals surface area contributed by atoms with Gasteiger partial charge in [0, 0.05) is 23.3 Å². The average Bonchev–Trinajstić information content (AvgIpc) is 3.05.